The number of nitrogens with zero attached hydrogens (tertiary/aromatic N) is 1. The van der Waals surface area contributed by atoms with Crippen molar-refractivity contribution in [3.63, 3.8) is 0 Å². The van der Waals surface area contributed by atoms with Crippen LogP contribution in [-0.2, 0) is 9.31 Å². The van der Waals surface area contributed by atoms with Crippen LogP contribution in [0.3, 0.4) is 0 Å². The fraction of sp³-hybridized carbons (Fsp3) is 0.562. The van der Waals surface area contributed by atoms with Gasteiger partial charge in [-0.2, -0.15) is 0 Å². The predicted molar refractivity (Wildman–Crippen MR) is 84.9 cm³/mol. The van der Waals surface area contributed by atoms with Crippen LogP contribution in [0.5, 0.6) is 0 Å². The topological polar surface area (TPSA) is 38.8 Å². The van der Waals surface area contributed by atoms with Crippen molar-refractivity contribution in [1.29, 1.82) is 0 Å². The summed E-state index contributed by atoms with van der Waals surface area (Å²) in [4.78, 5) is 13.4. The lowest BCUT2D eigenvalue weighted by molar-refractivity contribution is 0.00578. The third-order valence-electron chi connectivity index (χ3n) is 4.48. The minimum absolute atomic E-state index is 0.234. The van der Waals surface area contributed by atoms with Crippen LogP contribution in [0.15, 0.2) is 12.1 Å². The van der Waals surface area contributed by atoms with Crippen LogP contribution in [0.1, 0.15) is 43.6 Å². The molecule has 1 aliphatic rings. The van der Waals surface area contributed by atoms with E-state index in [2.05, 4.69) is 0 Å². The summed E-state index contributed by atoms with van der Waals surface area (Å²) in [7, 11) is 2.50. The Hall–Kier alpha value is -1.40. The first-order valence-corrected chi connectivity index (χ1v) is 7.33. The highest BCUT2D eigenvalue weighted by Crippen LogP contribution is 2.36. The van der Waals surface area contributed by atoms with Gasteiger partial charge in [-0.3, -0.25) is 4.79 Å². The monoisotopic (exact) mass is 307 g/mol. The predicted octanol–water partition coefficient (Wildman–Crippen LogP) is 2.14. The molecule has 0 saturated carbocycles. The van der Waals surface area contributed by atoms with Crippen LogP contribution in [0.4, 0.5) is 4.39 Å². The molecule has 0 spiro atoms. The Bertz CT molecular complexity index is 574. The van der Waals surface area contributed by atoms with Gasteiger partial charge in [0.05, 0.1) is 11.2 Å². The maximum Gasteiger partial charge on any atom is 0.498 e. The Morgan fingerprint density at radius 2 is 1.64 bits per heavy atom. The standard InChI is InChI=1S/C16H23BFNO3/c1-10-8-11(14(20)19(6)7)9-12(18)13(10)17-21-15(2,3)16(4,5)22-17/h8-9H,1-7H3. The highest BCUT2D eigenvalue weighted by atomic mass is 19.1. The summed E-state index contributed by atoms with van der Waals surface area (Å²) in [5, 5.41) is 0. The van der Waals surface area contributed by atoms with E-state index in [9.17, 15) is 9.18 Å². The van der Waals surface area contributed by atoms with Crippen molar-refractivity contribution in [3.05, 3.63) is 29.1 Å². The molecule has 1 aliphatic heterocycles. The molecular formula is C16H23BFNO3. The van der Waals surface area contributed by atoms with Gasteiger partial charge in [-0.15, -0.1) is 0 Å². The number of hydrogen-bond acceptors (Lipinski definition) is 3. The molecule has 1 aromatic carbocycles. The van der Waals surface area contributed by atoms with Crippen LogP contribution >= 0.6 is 0 Å². The zero-order chi connectivity index (χ0) is 16.9. The normalized spacial score (nSPS) is 19.4. The Balaban J connectivity index is 2.41. The lowest BCUT2D eigenvalue weighted by Gasteiger charge is -2.32. The maximum absolute atomic E-state index is 14.6. The molecule has 1 amide bonds. The van der Waals surface area contributed by atoms with Crippen molar-refractivity contribution in [3.8, 4) is 0 Å². The zero-order valence-corrected chi connectivity index (χ0v) is 14.3. The van der Waals surface area contributed by atoms with E-state index in [0.29, 0.717) is 16.6 Å². The summed E-state index contributed by atoms with van der Waals surface area (Å²) in [6.45, 7) is 9.44. The second-order valence-corrected chi connectivity index (χ2v) is 6.98. The third kappa shape index (κ3) is 2.77. The molecule has 1 saturated heterocycles. The van der Waals surface area contributed by atoms with Gasteiger partial charge in [-0.1, -0.05) is 0 Å². The van der Waals surface area contributed by atoms with Crippen molar-refractivity contribution in [2.45, 2.75) is 45.8 Å². The number of amides is 1. The average molecular weight is 307 g/mol. The average Bonchev–Trinajstić information content (AvgIpc) is 2.55. The van der Waals surface area contributed by atoms with Crippen molar-refractivity contribution >= 4 is 18.5 Å². The molecule has 0 aromatic heterocycles. The molecule has 1 aromatic rings. The van der Waals surface area contributed by atoms with E-state index < -0.39 is 24.1 Å². The highest BCUT2D eigenvalue weighted by molar-refractivity contribution is 6.62. The summed E-state index contributed by atoms with van der Waals surface area (Å²) in [6.07, 6.45) is 0. The first-order valence-electron chi connectivity index (χ1n) is 7.33. The van der Waals surface area contributed by atoms with Crippen LogP contribution < -0.4 is 5.46 Å². The van der Waals surface area contributed by atoms with Gasteiger partial charge < -0.3 is 14.2 Å². The minimum atomic E-state index is -0.770. The fourth-order valence-electron chi connectivity index (χ4n) is 2.40. The second kappa shape index (κ2) is 5.35. The van der Waals surface area contributed by atoms with Gasteiger partial charge in [-0.05, 0) is 52.3 Å². The molecule has 6 heteroatoms. The Morgan fingerprint density at radius 1 is 1.14 bits per heavy atom. The second-order valence-electron chi connectivity index (χ2n) is 6.98. The Morgan fingerprint density at radius 3 is 2.05 bits per heavy atom. The molecule has 22 heavy (non-hydrogen) atoms. The van der Waals surface area contributed by atoms with Gasteiger partial charge >= 0.3 is 7.12 Å². The van der Waals surface area contributed by atoms with Crippen LogP contribution in [0, 0.1) is 12.7 Å². The SMILES string of the molecule is Cc1cc(C(=O)N(C)C)cc(F)c1B1OC(C)(C)C(C)(C)O1. The molecule has 0 aliphatic carbocycles. The third-order valence-corrected chi connectivity index (χ3v) is 4.48. The number of aryl methyl sites for hydroxylation is 1. The van der Waals surface area contributed by atoms with Gasteiger partial charge in [0.2, 0.25) is 0 Å². The molecule has 0 unspecified atom stereocenters. The van der Waals surface area contributed by atoms with Crippen molar-refractivity contribution in [2.75, 3.05) is 14.1 Å². The summed E-state index contributed by atoms with van der Waals surface area (Å²) in [6, 6.07) is 2.92. The van der Waals surface area contributed by atoms with E-state index in [1.165, 1.54) is 11.0 Å². The number of benzene rings is 1. The zero-order valence-electron chi connectivity index (χ0n) is 14.3. The van der Waals surface area contributed by atoms with Crippen molar-refractivity contribution in [2.24, 2.45) is 0 Å². The molecule has 2 rings (SSSR count). The molecule has 0 bridgehead atoms. The molecule has 0 radical (unpaired) electrons. The van der Waals surface area contributed by atoms with Gasteiger partial charge in [0, 0.05) is 25.1 Å². The Labute approximate surface area is 131 Å². The molecular weight excluding hydrogens is 284 g/mol. The van der Waals surface area contributed by atoms with Gasteiger partial charge in [0.25, 0.3) is 5.91 Å². The number of hydrogen-bond donors (Lipinski definition) is 0. The summed E-state index contributed by atoms with van der Waals surface area (Å²) >= 11 is 0. The van der Waals surface area contributed by atoms with Gasteiger partial charge in [0.15, 0.2) is 0 Å². The quantitative estimate of drug-likeness (QED) is 0.786. The molecule has 1 heterocycles. The van der Waals surface area contributed by atoms with Gasteiger partial charge in [0.1, 0.15) is 5.82 Å². The molecule has 4 nitrogen and oxygen atoms in total. The maximum atomic E-state index is 14.6. The lowest BCUT2D eigenvalue weighted by Crippen LogP contribution is -2.41. The van der Waals surface area contributed by atoms with E-state index in [1.54, 1.807) is 27.1 Å². The molecule has 0 atom stereocenters. The van der Waals surface area contributed by atoms with E-state index in [1.807, 2.05) is 27.7 Å². The van der Waals surface area contributed by atoms with E-state index >= 15 is 0 Å². The molecule has 120 valence electrons. The first-order chi connectivity index (χ1) is 9.96. The summed E-state index contributed by atoms with van der Waals surface area (Å²) < 4.78 is 26.4. The van der Waals surface area contributed by atoms with Crippen molar-refractivity contribution < 1.29 is 18.5 Å². The minimum Gasteiger partial charge on any atom is -0.399 e. The Kier molecular flexibility index (Phi) is 4.13. The lowest BCUT2D eigenvalue weighted by atomic mass is 9.75. The molecule has 0 N–H and O–H groups in total. The van der Waals surface area contributed by atoms with Crippen LogP contribution in [0.2, 0.25) is 0 Å². The van der Waals surface area contributed by atoms with Crippen molar-refractivity contribution in [1.82, 2.24) is 4.90 Å². The number of rotatable bonds is 2. The highest BCUT2D eigenvalue weighted by Gasteiger charge is 2.52. The summed E-state index contributed by atoms with van der Waals surface area (Å²) in [5.41, 5.74) is 0.251. The number of carbonyl (C=O) groups excluding carboxylic acids is 1. The van der Waals surface area contributed by atoms with E-state index in [0.717, 1.165) is 0 Å². The van der Waals surface area contributed by atoms with E-state index in [4.69, 9.17) is 9.31 Å². The smallest absolute Gasteiger partial charge is 0.399 e. The number of halogens is 1. The first kappa shape index (κ1) is 17.0. The van der Waals surface area contributed by atoms with E-state index in [-0.39, 0.29) is 5.91 Å². The fourth-order valence-corrected chi connectivity index (χ4v) is 2.40. The molecule has 1 fully saturated rings. The van der Waals surface area contributed by atoms with Gasteiger partial charge in [-0.25, -0.2) is 4.39 Å². The van der Waals surface area contributed by atoms with Crippen LogP contribution in [0.25, 0.3) is 0 Å². The van der Waals surface area contributed by atoms with Crippen LogP contribution in [-0.4, -0.2) is 43.2 Å². The largest absolute Gasteiger partial charge is 0.498 e. The number of carbonyl (C=O) groups is 1. The summed E-state index contributed by atoms with van der Waals surface area (Å²) in [5.74, 6) is -0.717.